The molecule has 0 radical (unpaired) electrons. The number of phenolic OH excluding ortho intramolecular Hbond substituents is 1. The fourth-order valence-corrected chi connectivity index (χ4v) is 2.96. The van der Waals surface area contributed by atoms with Gasteiger partial charge in [-0.05, 0) is 30.0 Å². The van der Waals surface area contributed by atoms with E-state index < -0.39 is 0 Å². The highest BCUT2D eigenvalue weighted by atomic mass is 16.4. The van der Waals surface area contributed by atoms with Crippen LogP contribution in [0.4, 0.5) is 0 Å². The summed E-state index contributed by atoms with van der Waals surface area (Å²) in [6, 6.07) is 15.0. The molecule has 2 aromatic rings. The molecule has 24 heavy (non-hydrogen) atoms. The predicted octanol–water partition coefficient (Wildman–Crippen LogP) is 5.69. The van der Waals surface area contributed by atoms with Crippen molar-refractivity contribution in [3.05, 3.63) is 65.2 Å². The number of unbranched alkanes of at least 4 members (excludes halogenated alkanes) is 3. The van der Waals surface area contributed by atoms with E-state index in [2.05, 4.69) is 19.0 Å². The number of hydrogen-bond donors (Lipinski definition) is 2. The molecule has 0 aliphatic rings. The normalized spacial score (nSPS) is 13.0. The topological polar surface area (TPSA) is 52.8 Å². The zero-order valence-corrected chi connectivity index (χ0v) is 14.6. The van der Waals surface area contributed by atoms with Crippen molar-refractivity contribution in [2.24, 2.45) is 5.16 Å². The van der Waals surface area contributed by atoms with Gasteiger partial charge in [-0.15, -0.1) is 0 Å². The Balaban J connectivity index is 2.22. The lowest BCUT2D eigenvalue weighted by Crippen LogP contribution is -2.05. The molecule has 2 N–H and O–H groups in total. The largest absolute Gasteiger partial charge is 0.507 e. The van der Waals surface area contributed by atoms with E-state index in [1.165, 1.54) is 25.7 Å². The van der Waals surface area contributed by atoms with Gasteiger partial charge in [0.05, 0.1) is 0 Å². The lowest BCUT2D eigenvalue weighted by atomic mass is 9.91. The Morgan fingerprint density at radius 2 is 1.79 bits per heavy atom. The molecule has 0 aliphatic carbocycles. The summed E-state index contributed by atoms with van der Waals surface area (Å²) in [5.74, 6) is 0.547. The zero-order valence-electron chi connectivity index (χ0n) is 14.6. The molecule has 0 fully saturated rings. The lowest BCUT2D eigenvalue weighted by Gasteiger charge is -2.15. The number of phenols is 1. The van der Waals surface area contributed by atoms with E-state index in [-0.39, 0.29) is 5.75 Å². The van der Waals surface area contributed by atoms with Crippen molar-refractivity contribution in [3.8, 4) is 5.75 Å². The summed E-state index contributed by atoms with van der Waals surface area (Å²) in [5, 5.41) is 23.1. The quantitative estimate of drug-likeness (QED) is 0.283. The van der Waals surface area contributed by atoms with Crippen LogP contribution in [0, 0.1) is 0 Å². The summed E-state index contributed by atoms with van der Waals surface area (Å²) in [7, 11) is 0. The number of nitrogens with zero attached hydrogens (tertiary/aromatic N) is 1. The van der Waals surface area contributed by atoms with Crippen LogP contribution in [-0.4, -0.2) is 16.0 Å². The SMILES string of the molecule is CCCCCCC(C)c1ccc(O)c(C(=NO)c2ccccc2)c1. The molecule has 0 heterocycles. The summed E-state index contributed by atoms with van der Waals surface area (Å²) in [4.78, 5) is 0. The highest BCUT2D eigenvalue weighted by Gasteiger charge is 2.15. The van der Waals surface area contributed by atoms with Gasteiger partial charge < -0.3 is 10.3 Å². The van der Waals surface area contributed by atoms with E-state index in [0.29, 0.717) is 17.2 Å². The maximum absolute atomic E-state index is 10.2. The maximum atomic E-state index is 10.2. The van der Waals surface area contributed by atoms with Gasteiger partial charge in [0.2, 0.25) is 0 Å². The van der Waals surface area contributed by atoms with E-state index in [1.807, 2.05) is 42.5 Å². The predicted molar refractivity (Wildman–Crippen MR) is 99.1 cm³/mol. The molecule has 3 heteroatoms. The van der Waals surface area contributed by atoms with Crippen molar-refractivity contribution in [3.63, 3.8) is 0 Å². The van der Waals surface area contributed by atoms with Crippen LogP contribution in [0.5, 0.6) is 5.75 Å². The molecule has 0 spiro atoms. The molecule has 0 saturated carbocycles. The van der Waals surface area contributed by atoms with Gasteiger partial charge in [0.15, 0.2) is 0 Å². The third kappa shape index (κ3) is 4.60. The first-order chi connectivity index (χ1) is 11.7. The van der Waals surface area contributed by atoms with Crippen molar-refractivity contribution in [1.82, 2.24) is 0 Å². The molecule has 128 valence electrons. The summed E-state index contributed by atoms with van der Waals surface area (Å²) in [6.45, 7) is 4.43. The Morgan fingerprint density at radius 3 is 2.46 bits per heavy atom. The average Bonchev–Trinajstić information content (AvgIpc) is 2.61. The Hall–Kier alpha value is -2.29. The highest BCUT2D eigenvalue weighted by Crippen LogP contribution is 2.28. The summed E-state index contributed by atoms with van der Waals surface area (Å²) in [6.07, 6.45) is 6.12. The van der Waals surface area contributed by atoms with Crippen LogP contribution in [0.15, 0.2) is 53.7 Å². The molecular formula is C21H27NO2. The molecule has 0 amide bonds. The van der Waals surface area contributed by atoms with Crippen LogP contribution in [0.25, 0.3) is 0 Å². The van der Waals surface area contributed by atoms with Crippen LogP contribution < -0.4 is 0 Å². The van der Waals surface area contributed by atoms with Crippen LogP contribution >= 0.6 is 0 Å². The van der Waals surface area contributed by atoms with E-state index >= 15 is 0 Å². The van der Waals surface area contributed by atoms with Gasteiger partial charge in [-0.25, -0.2) is 0 Å². The Labute approximate surface area is 144 Å². The second-order valence-electron chi connectivity index (χ2n) is 6.34. The van der Waals surface area contributed by atoms with Gasteiger partial charge in [0.1, 0.15) is 11.5 Å². The van der Waals surface area contributed by atoms with E-state index in [0.717, 1.165) is 17.5 Å². The minimum atomic E-state index is 0.133. The Kier molecular flexibility index (Phi) is 6.86. The zero-order chi connectivity index (χ0) is 17.4. The van der Waals surface area contributed by atoms with Crippen molar-refractivity contribution in [2.45, 2.75) is 51.9 Å². The number of hydrogen-bond acceptors (Lipinski definition) is 3. The number of rotatable bonds is 8. The standard InChI is InChI=1S/C21H27NO2/c1-3-4-5-7-10-16(2)18-13-14-20(23)19(15-18)21(22-24)17-11-8-6-9-12-17/h6,8-9,11-16,23-24H,3-5,7,10H2,1-2H3. The minimum absolute atomic E-state index is 0.133. The lowest BCUT2D eigenvalue weighted by molar-refractivity contribution is 0.319. The van der Waals surface area contributed by atoms with Crippen LogP contribution in [-0.2, 0) is 0 Å². The summed E-state index contributed by atoms with van der Waals surface area (Å²) >= 11 is 0. The highest BCUT2D eigenvalue weighted by molar-refractivity contribution is 6.14. The van der Waals surface area contributed by atoms with Gasteiger partial charge in [-0.2, -0.15) is 0 Å². The first kappa shape index (κ1) is 18.1. The molecular weight excluding hydrogens is 298 g/mol. The monoisotopic (exact) mass is 325 g/mol. The van der Waals surface area contributed by atoms with Gasteiger partial charge >= 0.3 is 0 Å². The van der Waals surface area contributed by atoms with Gasteiger partial charge in [-0.1, -0.05) is 81.1 Å². The smallest absolute Gasteiger partial charge is 0.125 e. The van der Waals surface area contributed by atoms with Crippen LogP contribution in [0.1, 0.15) is 68.6 Å². The molecule has 2 rings (SSSR count). The third-order valence-electron chi connectivity index (χ3n) is 4.48. The third-order valence-corrected chi connectivity index (χ3v) is 4.48. The average molecular weight is 325 g/mol. The molecule has 3 nitrogen and oxygen atoms in total. The first-order valence-electron chi connectivity index (χ1n) is 8.78. The fraction of sp³-hybridized carbons (Fsp3) is 0.381. The number of aromatic hydroxyl groups is 1. The first-order valence-corrected chi connectivity index (χ1v) is 8.78. The number of oxime groups is 1. The molecule has 0 aliphatic heterocycles. The van der Waals surface area contributed by atoms with Crippen LogP contribution in [0.3, 0.4) is 0 Å². The molecule has 0 aromatic heterocycles. The summed E-state index contributed by atoms with van der Waals surface area (Å²) < 4.78 is 0. The second kappa shape index (κ2) is 9.11. The Bertz CT molecular complexity index is 665. The molecule has 0 bridgehead atoms. The van der Waals surface area contributed by atoms with Gasteiger partial charge in [-0.3, -0.25) is 0 Å². The molecule has 0 saturated heterocycles. The Morgan fingerprint density at radius 1 is 1.04 bits per heavy atom. The number of benzene rings is 2. The van der Waals surface area contributed by atoms with Crippen molar-refractivity contribution < 1.29 is 10.3 Å². The van der Waals surface area contributed by atoms with Crippen molar-refractivity contribution in [1.29, 1.82) is 0 Å². The van der Waals surface area contributed by atoms with E-state index in [4.69, 9.17) is 0 Å². The fourth-order valence-electron chi connectivity index (χ4n) is 2.96. The van der Waals surface area contributed by atoms with Crippen molar-refractivity contribution >= 4 is 5.71 Å². The van der Waals surface area contributed by atoms with Crippen molar-refractivity contribution in [2.75, 3.05) is 0 Å². The van der Waals surface area contributed by atoms with E-state index in [9.17, 15) is 10.3 Å². The molecule has 1 atom stereocenters. The second-order valence-corrected chi connectivity index (χ2v) is 6.34. The summed E-state index contributed by atoms with van der Waals surface area (Å²) in [5.41, 5.74) is 2.91. The maximum Gasteiger partial charge on any atom is 0.125 e. The molecule has 1 unspecified atom stereocenters. The molecule has 2 aromatic carbocycles. The van der Waals surface area contributed by atoms with Gasteiger partial charge in [0, 0.05) is 11.1 Å². The van der Waals surface area contributed by atoms with Gasteiger partial charge in [0.25, 0.3) is 0 Å². The van der Waals surface area contributed by atoms with E-state index in [1.54, 1.807) is 6.07 Å². The minimum Gasteiger partial charge on any atom is -0.507 e. The van der Waals surface area contributed by atoms with Crippen LogP contribution in [0.2, 0.25) is 0 Å².